The lowest BCUT2D eigenvalue weighted by Crippen LogP contribution is -2.30. The van der Waals surface area contributed by atoms with Gasteiger partial charge in [0.25, 0.3) is 0 Å². The van der Waals surface area contributed by atoms with Gasteiger partial charge in [-0.15, -0.1) is 0 Å². The van der Waals surface area contributed by atoms with Crippen LogP contribution in [0.15, 0.2) is 24.5 Å². The highest BCUT2D eigenvalue weighted by atomic mass is 15.2. The first-order valence-corrected chi connectivity index (χ1v) is 5.32. The van der Waals surface area contributed by atoms with Crippen molar-refractivity contribution in [2.45, 2.75) is 12.5 Å². The van der Waals surface area contributed by atoms with E-state index < -0.39 is 0 Å². The second kappa shape index (κ2) is 3.24. The van der Waals surface area contributed by atoms with E-state index in [1.54, 1.807) is 0 Å². The molecule has 0 aliphatic carbocycles. The second-order valence-corrected chi connectivity index (χ2v) is 4.23. The smallest absolute Gasteiger partial charge is 0.0553 e. The van der Waals surface area contributed by atoms with Crippen LogP contribution in [0.5, 0.6) is 0 Å². The van der Waals surface area contributed by atoms with Crippen molar-refractivity contribution >= 4 is 5.69 Å². The van der Waals surface area contributed by atoms with E-state index in [9.17, 15) is 0 Å². The van der Waals surface area contributed by atoms with Gasteiger partial charge in [0, 0.05) is 25.3 Å². The summed E-state index contributed by atoms with van der Waals surface area (Å²) in [5.41, 5.74) is 1.27. The third kappa shape index (κ3) is 1.28. The Bertz CT molecular complexity index is 300. The monoisotopic (exact) mass is 189 g/mol. The quantitative estimate of drug-likeness (QED) is 0.711. The van der Waals surface area contributed by atoms with Gasteiger partial charge in [-0.1, -0.05) is 0 Å². The Labute approximate surface area is 84.1 Å². The summed E-state index contributed by atoms with van der Waals surface area (Å²) in [5.74, 6) is 0.857. The minimum Gasteiger partial charge on any atom is -0.368 e. The summed E-state index contributed by atoms with van der Waals surface area (Å²) in [6, 6.07) is 4.88. The third-order valence-electron chi connectivity index (χ3n) is 3.37. The van der Waals surface area contributed by atoms with E-state index >= 15 is 0 Å². The van der Waals surface area contributed by atoms with Crippen molar-refractivity contribution in [1.29, 1.82) is 0 Å². The molecule has 1 aromatic heterocycles. The molecule has 0 bridgehead atoms. The number of aromatic nitrogens is 1. The van der Waals surface area contributed by atoms with Gasteiger partial charge in [-0.05, 0) is 31.0 Å². The minimum atomic E-state index is 0.718. The molecule has 3 nitrogen and oxygen atoms in total. The van der Waals surface area contributed by atoms with Crippen LogP contribution >= 0.6 is 0 Å². The molecule has 3 heteroatoms. The van der Waals surface area contributed by atoms with E-state index in [-0.39, 0.29) is 0 Å². The van der Waals surface area contributed by atoms with Gasteiger partial charge in [0.1, 0.15) is 0 Å². The Hall–Kier alpha value is -1.09. The molecule has 74 valence electrons. The van der Waals surface area contributed by atoms with Gasteiger partial charge >= 0.3 is 0 Å². The number of nitrogens with one attached hydrogen (secondary N) is 1. The Morgan fingerprint density at radius 2 is 2.43 bits per heavy atom. The van der Waals surface area contributed by atoms with Crippen LogP contribution in [-0.4, -0.2) is 30.7 Å². The number of nitrogens with zero attached hydrogens (tertiary/aromatic N) is 2. The topological polar surface area (TPSA) is 28.2 Å². The Kier molecular flexibility index (Phi) is 1.91. The number of rotatable bonds is 1. The average Bonchev–Trinajstić information content (AvgIpc) is 2.78. The standard InChI is InChI=1S/C11H15N3/c1-2-10(6-12-4-1)14-7-9-3-5-13-11(9)8-14/h1-2,4,6,9,11,13H,3,5,7-8H2/t9-,11-/m0/s1. The van der Waals surface area contributed by atoms with Gasteiger partial charge in [0.05, 0.1) is 11.9 Å². The molecule has 2 aliphatic rings. The lowest BCUT2D eigenvalue weighted by Gasteiger charge is -2.18. The summed E-state index contributed by atoms with van der Waals surface area (Å²) in [5, 5.41) is 3.56. The zero-order valence-electron chi connectivity index (χ0n) is 8.19. The molecular formula is C11H15N3. The first-order chi connectivity index (χ1) is 6.93. The van der Waals surface area contributed by atoms with Crippen LogP contribution in [0.1, 0.15) is 6.42 Å². The average molecular weight is 189 g/mol. The fourth-order valence-electron chi connectivity index (χ4n) is 2.60. The van der Waals surface area contributed by atoms with E-state index in [0.717, 1.165) is 18.5 Å². The number of hydrogen-bond acceptors (Lipinski definition) is 3. The number of hydrogen-bond donors (Lipinski definition) is 1. The molecule has 0 spiro atoms. The first kappa shape index (κ1) is 8.24. The predicted octanol–water partition coefficient (Wildman–Crippen LogP) is 0.880. The molecule has 0 amide bonds. The summed E-state index contributed by atoms with van der Waals surface area (Å²) in [7, 11) is 0. The molecule has 2 atom stereocenters. The van der Waals surface area contributed by atoms with Crippen molar-refractivity contribution in [3.8, 4) is 0 Å². The maximum atomic E-state index is 4.16. The summed E-state index contributed by atoms with van der Waals surface area (Å²) < 4.78 is 0. The number of fused-ring (bicyclic) bond motifs is 1. The van der Waals surface area contributed by atoms with Gasteiger partial charge in [-0.2, -0.15) is 0 Å². The van der Waals surface area contributed by atoms with Crippen LogP contribution < -0.4 is 10.2 Å². The maximum absolute atomic E-state index is 4.16. The van der Waals surface area contributed by atoms with Crippen LogP contribution in [-0.2, 0) is 0 Å². The van der Waals surface area contributed by atoms with E-state index in [4.69, 9.17) is 0 Å². The van der Waals surface area contributed by atoms with Crippen LogP contribution in [0, 0.1) is 5.92 Å². The fourth-order valence-corrected chi connectivity index (χ4v) is 2.60. The van der Waals surface area contributed by atoms with Crippen molar-refractivity contribution in [2.75, 3.05) is 24.5 Å². The summed E-state index contributed by atoms with van der Waals surface area (Å²) >= 11 is 0. The number of pyridine rings is 1. The fraction of sp³-hybridized carbons (Fsp3) is 0.545. The zero-order valence-corrected chi connectivity index (χ0v) is 8.19. The largest absolute Gasteiger partial charge is 0.368 e. The van der Waals surface area contributed by atoms with Gasteiger partial charge in [0.15, 0.2) is 0 Å². The van der Waals surface area contributed by atoms with Crippen molar-refractivity contribution in [3.63, 3.8) is 0 Å². The molecule has 0 radical (unpaired) electrons. The molecule has 1 aromatic rings. The molecular weight excluding hydrogens is 174 g/mol. The SMILES string of the molecule is c1cncc(N2C[C@@H]3CCN[C@H]3C2)c1. The van der Waals surface area contributed by atoms with Gasteiger partial charge in [-0.25, -0.2) is 0 Å². The van der Waals surface area contributed by atoms with Crippen molar-refractivity contribution in [3.05, 3.63) is 24.5 Å². The highest BCUT2D eigenvalue weighted by Gasteiger charge is 2.35. The molecule has 3 heterocycles. The molecule has 14 heavy (non-hydrogen) atoms. The molecule has 2 saturated heterocycles. The Morgan fingerprint density at radius 3 is 3.21 bits per heavy atom. The van der Waals surface area contributed by atoms with Gasteiger partial charge in [0.2, 0.25) is 0 Å². The Morgan fingerprint density at radius 1 is 1.43 bits per heavy atom. The summed E-state index contributed by atoms with van der Waals surface area (Å²) in [6.07, 6.45) is 5.13. The Balaban J connectivity index is 1.77. The first-order valence-electron chi connectivity index (χ1n) is 5.32. The minimum absolute atomic E-state index is 0.718. The molecule has 2 fully saturated rings. The predicted molar refractivity (Wildman–Crippen MR) is 56.3 cm³/mol. The molecule has 0 aromatic carbocycles. The lowest BCUT2D eigenvalue weighted by atomic mass is 10.1. The van der Waals surface area contributed by atoms with E-state index in [0.29, 0.717) is 0 Å². The molecule has 3 rings (SSSR count). The van der Waals surface area contributed by atoms with Gasteiger partial charge in [-0.3, -0.25) is 4.98 Å². The lowest BCUT2D eigenvalue weighted by molar-refractivity contribution is 0.556. The van der Waals surface area contributed by atoms with Crippen LogP contribution in [0.4, 0.5) is 5.69 Å². The second-order valence-electron chi connectivity index (χ2n) is 4.23. The van der Waals surface area contributed by atoms with Gasteiger partial charge < -0.3 is 10.2 Å². The zero-order chi connectivity index (χ0) is 9.38. The third-order valence-corrected chi connectivity index (χ3v) is 3.37. The molecule has 2 aliphatic heterocycles. The van der Waals surface area contributed by atoms with Crippen molar-refractivity contribution in [1.82, 2.24) is 10.3 Å². The van der Waals surface area contributed by atoms with E-state index in [2.05, 4.69) is 21.3 Å². The van der Waals surface area contributed by atoms with E-state index in [1.807, 2.05) is 18.5 Å². The summed E-state index contributed by atoms with van der Waals surface area (Å²) in [4.78, 5) is 6.60. The molecule has 1 N–H and O–H groups in total. The van der Waals surface area contributed by atoms with Crippen molar-refractivity contribution in [2.24, 2.45) is 5.92 Å². The van der Waals surface area contributed by atoms with Crippen LogP contribution in [0.25, 0.3) is 0 Å². The number of anilines is 1. The highest BCUT2D eigenvalue weighted by Crippen LogP contribution is 2.28. The maximum Gasteiger partial charge on any atom is 0.0553 e. The molecule has 0 saturated carbocycles. The van der Waals surface area contributed by atoms with Crippen LogP contribution in [0.2, 0.25) is 0 Å². The normalized spacial score (nSPS) is 30.7. The van der Waals surface area contributed by atoms with Crippen LogP contribution in [0.3, 0.4) is 0 Å². The van der Waals surface area contributed by atoms with E-state index in [1.165, 1.54) is 25.2 Å². The highest BCUT2D eigenvalue weighted by molar-refractivity contribution is 5.45. The molecule has 0 unspecified atom stereocenters. The van der Waals surface area contributed by atoms with Crippen molar-refractivity contribution < 1.29 is 0 Å². The summed E-state index contributed by atoms with van der Waals surface area (Å²) in [6.45, 7) is 3.55.